The Bertz CT molecular complexity index is 1240. The van der Waals surface area contributed by atoms with E-state index in [1.165, 1.54) is 11.1 Å². The summed E-state index contributed by atoms with van der Waals surface area (Å²) < 4.78 is 43.6. The summed E-state index contributed by atoms with van der Waals surface area (Å²) in [6.07, 6.45) is -3.18. The molecule has 4 heterocycles. The molecule has 0 aliphatic carbocycles. The molecule has 1 fully saturated rings. The third kappa shape index (κ3) is 4.61. The zero-order valence-corrected chi connectivity index (χ0v) is 18.7. The molecule has 0 amide bonds. The summed E-state index contributed by atoms with van der Waals surface area (Å²) in [6.45, 7) is 4.73. The van der Waals surface area contributed by atoms with Crippen molar-refractivity contribution in [3.8, 4) is 11.9 Å². The van der Waals surface area contributed by atoms with Gasteiger partial charge in [-0.05, 0) is 49.1 Å². The number of nitrogens with one attached hydrogen (secondary N) is 3. The number of benzene rings is 1. The molecular formula is C24H25F3N6O. The van der Waals surface area contributed by atoms with Gasteiger partial charge in [-0.1, -0.05) is 6.07 Å². The Morgan fingerprint density at radius 2 is 2.06 bits per heavy atom. The zero-order chi connectivity index (χ0) is 23.9. The summed E-state index contributed by atoms with van der Waals surface area (Å²) in [5.74, 6) is 0.201. The molecule has 0 saturated carbocycles. The number of likely N-dealkylation sites (tertiary alicyclic amines) is 1. The van der Waals surface area contributed by atoms with Gasteiger partial charge in [0.1, 0.15) is 17.5 Å². The van der Waals surface area contributed by atoms with Crippen molar-refractivity contribution in [2.75, 3.05) is 23.7 Å². The fourth-order valence-corrected chi connectivity index (χ4v) is 4.74. The number of hydrogen-bond donors (Lipinski definition) is 3. The summed E-state index contributed by atoms with van der Waals surface area (Å²) in [5.41, 5.74) is 5.17. The van der Waals surface area contributed by atoms with Gasteiger partial charge in [-0.2, -0.15) is 18.4 Å². The predicted octanol–water partition coefficient (Wildman–Crippen LogP) is 4.90. The smallest absolute Gasteiger partial charge is 0.394 e. The highest BCUT2D eigenvalue weighted by molar-refractivity contribution is 5.85. The van der Waals surface area contributed by atoms with Crippen molar-refractivity contribution < 1.29 is 17.9 Å². The summed E-state index contributed by atoms with van der Waals surface area (Å²) in [7, 11) is 0. The number of aromatic amines is 1. The highest BCUT2D eigenvalue weighted by atomic mass is 19.4. The SMILES string of the molecule is Cc1c(CN2CCC(Nc3ccnc4c3NC(CC(F)(F)F)O4)CC2)ccc2[nH]c(C#N)cc12. The Morgan fingerprint density at radius 1 is 1.26 bits per heavy atom. The summed E-state index contributed by atoms with van der Waals surface area (Å²) in [4.78, 5) is 9.59. The fourth-order valence-electron chi connectivity index (χ4n) is 4.74. The number of ether oxygens (including phenoxy) is 1. The normalized spacial score (nSPS) is 18.9. The van der Waals surface area contributed by atoms with Crippen LogP contribution in [-0.4, -0.2) is 46.4 Å². The second-order valence-electron chi connectivity index (χ2n) is 8.91. The number of rotatable bonds is 5. The summed E-state index contributed by atoms with van der Waals surface area (Å²) in [6, 6.07) is 10.2. The van der Waals surface area contributed by atoms with Gasteiger partial charge in [0.2, 0.25) is 5.88 Å². The number of nitriles is 1. The second kappa shape index (κ2) is 8.72. The molecule has 1 saturated heterocycles. The number of fused-ring (bicyclic) bond motifs is 2. The van der Waals surface area contributed by atoms with E-state index in [9.17, 15) is 13.2 Å². The molecule has 1 atom stereocenters. The number of aromatic nitrogens is 2. The number of H-pyrrole nitrogens is 1. The van der Waals surface area contributed by atoms with Gasteiger partial charge < -0.3 is 20.4 Å². The van der Waals surface area contributed by atoms with E-state index in [0.717, 1.165) is 49.1 Å². The number of aryl methyl sites for hydroxylation is 1. The van der Waals surface area contributed by atoms with E-state index in [0.29, 0.717) is 11.4 Å². The average molecular weight is 470 g/mol. The Morgan fingerprint density at radius 3 is 2.79 bits per heavy atom. The molecule has 3 aromatic rings. The number of nitrogens with zero attached hydrogens (tertiary/aromatic N) is 3. The van der Waals surface area contributed by atoms with Crippen molar-refractivity contribution in [1.82, 2.24) is 14.9 Å². The number of alkyl halides is 3. The van der Waals surface area contributed by atoms with Crippen LogP contribution >= 0.6 is 0 Å². The lowest BCUT2D eigenvalue weighted by Crippen LogP contribution is -2.38. The van der Waals surface area contributed by atoms with Crippen LogP contribution in [0.4, 0.5) is 24.5 Å². The molecule has 178 valence electrons. The van der Waals surface area contributed by atoms with Crippen LogP contribution in [0, 0.1) is 18.3 Å². The molecule has 2 aromatic heterocycles. The van der Waals surface area contributed by atoms with Gasteiger partial charge in [-0.25, -0.2) is 4.98 Å². The van der Waals surface area contributed by atoms with Crippen molar-refractivity contribution in [3.05, 3.63) is 47.3 Å². The van der Waals surface area contributed by atoms with Crippen LogP contribution in [0.2, 0.25) is 0 Å². The Labute approximate surface area is 194 Å². The first-order chi connectivity index (χ1) is 16.3. The van der Waals surface area contributed by atoms with Crippen LogP contribution in [0.5, 0.6) is 5.88 Å². The molecule has 0 radical (unpaired) electrons. The van der Waals surface area contributed by atoms with Crippen molar-refractivity contribution in [2.45, 2.75) is 51.2 Å². The Hall–Kier alpha value is -3.45. The van der Waals surface area contributed by atoms with E-state index in [4.69, 9.17) is 10.00 Å². The molecule has 1 aromatic carbocycles. The molecule has 7 nitrogen and oxygen atoms in total. The Kier molecular flexibility index (Phi) is 5.73. The van der Waals surface area contributed by atoms with Gasteiger partial charge in [0.15, 0.2) is 6.23 Å². The van der Waals surface area contributed by atoms with E-state index in [1.54, 1.807) is 12.3 Å². The van der Waals surface area contributed by atoms with E-state index < -0.39 is 18.8 Å². The number of pyridine rings is 1. The van der Waals surface area contributed by atoms with Crippen molar-refractivity contribution in [3.63, 3.8) is 0 Å². The van der Waals surface area contributed by atoms with Gasteiger partial charge in [0.05, 0.1) is 12.1 Å². The van der Waals surface area contributed by atoms with Gasteiger partial charge in [-0.15, -0.1) is 0 Å². The molecule has 0 spiro atoms. The minimum absolute atomic E-state index is 0.201. The van der Waals surface area contributed by atoms with Crippen LogP contribution in [0.25, 0.3) is 10.9 Å². The largest absolute Gasteiger partial charge is 0.452 e. The van der Waals surface area contributed by atoms with Crippen LogP contribution in [0.1, 0.15) is 36.1 Å². The minimum Gasteiger partial charge on any atom is -0.452 e. The minimum atomic E-state index is -4.32. The van der Waals surface area contributed by atoms with Crippen LogP contribution in [0.15, 0.2) is 30.5 Å². The maximum Gasteiger partial charge on any atom is 0.394 e. The molecule has 0 bridgehead atoms. The monoisotopic (exact) mass is 470 g/mol. The molecule has 10 heteroatoms. The quantitative estimate of drug-likeness (QED) is 0.492. The number of hydrogen-bond acceptors (Lipinski definition) is 6. The van der Waals surface area contributed by atoms with E-state index in [1.807, 2.05) is 12.1 Å². The van der Waals surface area contributed by atoms with Gasteiger partial charge in [0, 0.05) is 42.8 Å². The van der Waals surface area contributed by atoms with Gasteiger partial charge >= 0.3 is 6.18 Å². The maximum absolute atomic E-state index is 12.7. The molecule has 3 N–H and O–H groups in total. The highest BCUT2D eigenvalue weighted by Gasteiger charge is 2.37. The van der Waals surface area contributed by atoms with Gasteiger partial charge in [-0.3, -0.25) is 4.90 Å². The molecule has 5 rings (SSSR count). The lowest BCUT2D eigenvalue weighted by atomic mass is 10.0. The van der Waals surface area contributed by atoms with Crippen molar-refractivity contribution >= 4 is 22.3 Å². The first kappa shape index (κ1) is 22.3. The first-order valence-corrected chi connectivity index (χ1v) is 11.3. The highest BCUT2D eigenvalue weighted by Crippen LogP contribution is 2.39. The lowest BCUT2D eigenvalue weighted by Gasteiger charge is -2.33. The number of piperidine rings is 1. The van der Waals surface area contributed by atoms with Crippen LogP contribution in [0.3, 0.4) is 0 Å². The van der Waals surface area contributed by atoms with Gasteiger partial charge in [0.25, 0.3) is 0 Å². The fraction of sp³-hybridized carbons (Fsp3) is 0.417. The molecule has 2 aliphatic rings. The van der Waals surface area contributed by atoms with Crippen LogP contribution < -0.4 is 15.4 Å². The molecular weight excluding hydrogens is 445 g/mol. The van der Waals surface area contributed by atoms with E-state index in [2.05, 4.69) is 44.6 Å². The molecule has 1 unspecified atom stereocenters. The van der Waals surface area contributed by atoms with Crippen molar-refractivity contribution in [1.29, 1.82) is 5.26 Å². The molecule has 34 heavy (non-hydrogen) atoms. The standard InChI is InChI=1S/C24H25F3N6O/c1-14-15(2-3-19-18(14)10-17(12-28)31-19)13-33-8-5-16(6-9-33)30-20-4-7-29-23-22(20)32-21(34-23)11-24(25,26)27/h2-4,7,10,16,21,31-32H,5-6,8-9,11,13H2,1H3,(H,29,30). The third-order valence-electron chi connectivity index (χ3n) is 6.54. The van der Waals surface area contributed by atoms with Crippen LogP contribution in [-0.2, 0) is 6.54 Å². The van der Waals surface area contributed by atoms with E-state index >= 15 is 0 Å². The first-order valence-electron chi connectivity index (χ1n) is 11.3. The van der Waals surface area contributed by atoms with E-state index in [-0.39, 0.29) is 11.9 Å². The maximum atomic E-state index is 12.7. The number of anilines is 2. The summed E-state index contributed by atoms with van der Waals surface area (Å²) in [5, 5.41) is 16.5. The zero-order valence-electron chi connectivity index (χ0n) is 18.7. The molecule has 2 aliphatic heterocycles. The lowest BCUT2D eigenvalue weighted by molar-refractivity contribution is -0.147. The van der Waals surface area contributed by atoms with Crippen molar-refractivity contribution in [2.24, 2.45) is 0 Å². The third-order valence-corrected chi connectivity index (χ3v) is 6.54. The number of halogens is 3. The Balaban J connectivity index is 1.19. The topological polar surface area (TPSA) is 89.0 Å². The predicted molar refractivity (Wildman–Crippen MR) is 123 cm³/mol. The second-order valence-corrected chi connectivity index (χ2v) is 8.91. The average Bonchev–Trinajstić information content (AvgIpc) is 3.40. The summed E-state index contributed by atoms with van der Waals surface area (Å²) >= 11 is 0.